The lowest BCUT2D eigenvalue weighted by molar-refractivity contribution is -0.136. The molecule has 0 aliphatic carbocycles. The Bertz CT molecular complexity index is 543. The average molecular weight is 319 g/mol. The molecule has 128 valence electrons. The molecule has 0 radical (unpaired) electrons. The fourth-order valence-corrected chi connectivity index (χ4v) is 2.49. The summed E-state index contributed by atoms with van der Waals surface area (Å²) in [6.07, 6.45) is 0.834. The van der Waals surface area contributed by atoms with E-state index in [1.807, 2.05) is 51.0 Å². The molecule has 23 heavy (non-hydrogen) atoms. The van der Waals surface area contributed by atoms with Crippen LogP contribution < -0.4 is 10.6 Å². The van der Waals surface area contributed by atoms with Crippen molar-refractivity contribution in [1.82, 2.24) is 10.2 Å². The van der Waals surface area contributed by atoms with Crippen LogP contribution in [0.1, 0.15) is 31.4 Å². The molecule has 1 aromatic rings. The number of hydrogen-bond acceptors (Lipinski definition) is 3. The number of likely N-dealkylation sites (N-methyl/N-ethyl adjacent to an activating group) is 1. The summed E-state index contributed by atoms with van der Waals surface area (Å²) in [5.41, 5.74) is 2.65. The first-order valence-corrected chi connectivity index (χ1v) is 8.03. The third-order valence-electron chi connectivity index (χ3n) is 3.52. The number of anilines is 1. The summed E-state index contributed by atoms with van der Waals surface area (Å²) >= 11 is 0. The normalized spacial score (nSPS) is 12.3. The van der Waals surface area contributed by atoms with Gasteiger partial charge in [-0.2, -0.15) is 0 Å². The number of amides is 2. The second-order valence-corrected chi connectivity index (χ2v) is 6.83. The van der Waals surface area contributed by atoms with Gasteiger partial charge in [-0.1, -0.05) is 26.0 Å². The minimum absolute atomic E-state index is 0.0399. The van der Waals surface area contributed by atoms with E-state index in [1.54, 1.807) is 0 Å². The van der Waals surface area contributed by atoms with Crippen molar-refractivity contribution in [1.29, 1.82) is 0 Å². The smallest absolute Gasteiger partial charge is 0.313 e. The molecule has 1 rings (SSSR count). The summed E-state index contributed by atoms with van der Waals surface area (Å²) in [5, 5.41) is 5.54. The Balaban J connectivity index is 2.70. The molecular formula is C18H29N3O2. The zero-order valence-corrected chi connectivity index (χ0v) is 15.1. The molecule has 1 atom stereocenters. The molecule has 0 saturated carbocycles. The minimum Gasteiger partial charge on any atom is -0.344 e. The maximum Gasteiger partial charge on any atom is 0.313 e. The van der Waals surface area contributed by atoms with E-state index in [0.717, 1.165) is 17.5 Å². The highest BCUT2D eigenvalue weighted by molar-refractivity contribution is 6.39. The van der Waals surface area contributed by atoms with Crippen LogP contribution >= 0.6 is 0 Å². The van der Waals surface area contributed by atoms with Gasteiger partial charge in [0.1, 0.15) is 0 Å². The third kappa shape index (κ3) is 6.82. The Kier molecular flexibility index (Phi) is 7.23. The Hall–Kier alpha value is -1.88. The average Bonchev–Trinajstić information content (AvgIpc) is 2.41. The van der Waals surface area contributed by atoms with Gasteiger partial charge in [0, 0.05) is 18.3 Å². The van der Waals surface area contributed by atoms with Gasteiger partial charge in [-0.3, -0.25) is 9.59 Å². The Labute approximate surface area is 139 Å². The zero-order valence-electron chi connectivity index (χ0n) is 15.1. The van der Waals surface area contributed by atoms with Crippen molar-refractivity contribution in [3.8, 4) is 0 Å². The van der Waals surface area contributed by atoms with E-state index in [4.69, 9.17) is 0 Å². The highest BCUT2D eigenvalue weighted by Gasteiger charge is 2.20. The topological polar surface area (TPSA) is 61.4 Å². The van der Waals surface area contributed by atoms with E-state index in [0.29, 0.717) is 18.2 Å². The number of nitrogens with one attached hydrogen (secondary N) is 2. The molecule has 1 unspecified atom stereocenters. The number of hydrogen-bond donors (Lipinski definition) is 2. The molecule has 0 aromatic heterocycles. The highest BCUT2D eigenvalue weighted by Crippen LogP contribution is 2.16. The fraction of sp³-hybridized carbons (Fsp3) is 0.556. The molecular weight excluding hydrogens is 290 g/mol. The van der Waals surface area contributed by atoms with Crippen LogP contribution in [0.3, 0.4) is 0 Å². The van der Waals surface area contributed by atoms with Crippen LogP contribution in [0.2, 0.25) is 0 Å². The van der Waals surface area contributed by atoms with Crippen LogP contribution in [-0.4, -0.2) is 43.4 Å². The molecule has 2 amide bonds. The van der Waals surface area contributed by atoms with E-state index >= 15 is 0 Å². The van der Waals surface area contributed by atoms with Gasteiger partial charge in [0.05, 0.1) is 0 Å². The van der Waals surface area contributed by atoms with Crippen LogP contribution in [0.5, 0.6) is 0 Å². The van der Waals surface area contributed by atoms with E-state index < -0.39 is 11.8 Å². The maximum atomic E-state index is 12.2. The lowest BCUT2D eigenvalue weighted by atomic mass is 10.0. The van der Waals surface area contributed by atoms with Gasteiger partial charge < -0.3 is 15.5 Å². The van der Waals surface area contributed by atoms with Crippen molar-refractivity contribution in [2.75, 3.05) is 26.0 Å². The Morgan fingerprint density at radius 2 is 1.78 bits per heavy atom. The Morgan fingerprint density at radius 3 is 2.35 bits per heavy atom. The van der Waals surface area contributed by atoms with Gasteiger partial charge >= 0.3 is 11.8 Å². The fourth-order valence-electron chi connectivity index (χ4n) is 2.49. The predicted molar refractivity (Wildman–Crippen MR) is 94.5 cm³/mol. The van der Waals surface area contributed by atoms with Crippen molar-refractivity contribution in [2.24, 2.45) is 5.92 Å². The molecule has 5 nitrogen and oxygen atoms in total. The van der Waals surface area contributed by atoms with Crippen molar-refractivity contribution in [3.63, 3.8) is 0 Å². The van der Waals surface area contributed by atoms with Crippen molar-refractivity contribution < 1.29 is 9.59 Å². The van der Waals surface area contributed by atoms with Crippen molar-refractivity contribution in [3.05, 3.63) is 29.3 Å². The number of nitrogens with zero attached hydrogens (tertiary/aromatic N) is 1. The molecule has 0 fully saturated rings. The molecule has 0 spiro atoms. The summed E-state index contributed by atoms with van der Waals surface area (Å²) in [6.45, 7) is 8.77. The molecule has 0 heterocycles. The third-order valence-corrected chi connectivity index (χ3v) is 3.52. The van der Waals surface area contributed by atoms with E-state index in [2.05, 4.69) is 24.5 Å². The first kappa shape index (κ1) is 19.2. The molecule has 0 saturated heterocycles. The van der Waals surface area contributed by atoms with Crippen molar-refractivity contribution in [2.45, 2.75) is 40.2 Å². The zero-order chi connectivity index (χ0) is 17.6. The monoisotopic (exact) mass is 319 g/mol. The summed E-state index contributed by atoms with van der Waals surface area (Å²) in [7, 11) is 3.91. The van der Waals surface area contributed by atoms with Crippen LogP contribution in [0, 0.1) is 19.8 Å². The maximum absolute atomic E-state index is 12.2. The van der Waals surface area contributed by atoms with Gasteiger partial charge in [0.2, 0.25) is 0 Å². The quantitative estimate of drug-likeness (QED) is 0.791. The number of carbonyl (C=O) groups excluding carboxylic acids is 2. The van der Waals surface area contributed by atoms with E-state index in [-0.39, 0.29) is 6.04 Å². The summed E-state index contributed by atoms with van der Waals surface area (Å²) in [4.78, 5) is 26.3. The number of rotatable bonds is 6. The van der Waals surface area contributed by atoms with Gasteiger partial charge in [0.15, 0.2) is 0 Å². The first-order chi connectivity index (χ1) is 10.7. The standard InChI is InChI=1S/C18H29N3O2/c1-12(2)9-15(11-21(5)6)19-17(22)18(23)20-16-10-13(3)7-8-14(16)4/h7-8,10,12,15H,9,11H2,1-6H3,(H,19,22)(H,20,23). The van der Waals surface area contributed by atoms with Gasteiger partial charge in [0.25, 0.3) is 0 Å². The summed E-state index contributed by atoms with van der Waals surface area (Å²) in [5.74, 6) is -0.757. The second kappa shape index (κ2) is 8.67. The van der Waals surface area contributed by atoms with Gasteiger partial charge in [-0.25, -0.2) is 0 Å². The molecule has 1 aromatic carbocycles. The molecule has 2 N–H and O–H groups in total. The summed E-state index contributed by atoms with van der Waals surface area (Å²) in [6, 6.07) is 5.73. The van der Waals surface area contributed by atoms with Crippen molar-refractivity contribution >= 4 is 17.5 Å². The highest BCUT2D eigenvalue weighted by atomic mass is 16.2. The van der Waals surface area contributed by atoms with Gasteiger partial charge in [-0.15, -0.1) is 0 Å². The number of benzene rings is 1. The van der Waals surface area contributed by atoms with Crippen LogP contribution in [-0.2, 0) is 9.59 Å². The van der Waals surface area contributed by atoms with E-state index in [9.17, 15) is 9.59 Å². The SMILES string of the molecule is Cc1ccc(C)c(NC(=O)C(=O)NC(CC(C)C)CN(C)C)c1. The second-order valence-electron chi connectivity index (χ2n) is 6.83. The predicted octanol–water partition coefficient (Wildman–Crippen LogP) is 2.33. The Morgan fingerprint density at radius 1 is 1.13 bits per heavy atom. The van der Waals surface area contributed by atoms with Crippen LogP contribution in [0.25, 0.3) is 0 Å². The van der Waals surface area contributed by atoms with Crippen LogP contribution in [0.15, 0.2) is 18.2 Å². The molecule has 5 heteroatoms. The summed E-state index contributed by atoms with van der Waals surface area (Å²) < 4.78 is 0. The number of aryl methyl sites for hydroxylation is 2. The lowest BCUT2D eigenvalue weighted by Crippen LogP contribution is -2.46. The van der Waals surface area contributed by atoms with E-state index in [1.165, 1.54) is 0 Å². The molecule has 0 aliphatic heterocycles. The largest absolute Gasteiger partial charge is 0.344 e. The minimum atomic E-state index is -0.619. The van der Waals surface area contributed by atoms with Gasteiger partial charge in [-0.05, 0) is 57.5 Å². The molecule has 0 aliphatic rings. The van der Waals surface area contributed by atoms with Crippen LogP contribution in [0.4, 0.5) is 5.69 Å². The molecule has 0 bridgehead atoms. The number of carbonyl (C=O) groups is 2. The lowest BCUT2D eigenvalue weighted by Gasteiger charge is -2.23. The first-order valence-electron chi connectivity index (χ1n) is 8.03.